The Balaban J connectivity index is 2.39. The molecule has 16 heavy (non-hydrogen) atoms. The average molecular weight is 249 g/mol. The second-order valence-electron chi connectivity index (χ2n) is 3.46. The molecule has 1 unspecified atom stereocenters. The molecular weight excluding hydrogens is 239 g/mol. The number of hydrogen-bond donors (Lipinski definition) is 0. The zero-order valence-electron chi connectivity index (χ0n) is 8.48. The van der Waals surface area contributed by atoms with Crippen LogP contribution < -0.4 is 5.30 Å². The molecule has 0 amide bonds. The number of halogens is 1. The summed E-state index contributed by atoms with van der Waals surface area (Å²) in [6.45, 7) is 0. The third-order valence-corrected chi connectivity index (χ3v) is 2.83. The second-order valence-corrected chi connectivity index (χ2v) is 4.57. The van der Waals surface area contributed by atoms with E-state index in [0.29, 0.717) is 16.1 Å². The number of ketones is 1. The van der Waals surface area contributed by atoms with Gasteiger partial charge in [-0.1, -0.05) is 41.9 Å². The first-order valence-corrected chi connectivity index (χ1v) is 5.78. The minimum Gasteiger partial charge on any atom is -0.289 e. The van der Waals surface area contributed by atoms with Gasteiger partial charge in [0.15, 0.2) is 5.78 Å². The molecule has 0 bridgehead atoms. The maximum absolute atomic E-state index is 12.1. The predicted molar refractivity (Wildman–Crippen MR) is 70.7 cm³/mol. The van der Waals surface area contributed by atoms with Crippen LogP contribution in [-0.2, 0) is 0 Å². The van der Waals surface area contributed by atoms with E-state index >= 15 is 0 Å². The summed E-state index contributed by atoms with van der Waals surface area (Å²) in [6.07, 6.45) is 0. The number of benzene rings is 2. The van der Waals surface area contributed by atoms with E-state index in [0.717, 1.165) is 5.30 Å². The summed E-state index contributed by atoms with van der Waals surface area (Å²) >= 11 is 5.85. The maximum atomic E-state index is 12.1. The Bertz CT molecular complexity index is 489. The van der Waals surface area contributed by atoms with Crippen LogP contribution in [0.1, 0.15) is 15.9 Å². The summed E-state index contributed by atoms with van der Waals surface area (Å²) < 4.78 is 0. The molecule has 0 spiro atoms. The van der Waals surface area contributed by atoms with Gasteiger partial charge in [0, 0.05) is 16.1 Å². The van der Waals surface area contributed by atoms with Gasteiger partial charge in [-0.05, 0) is 23.5 Å². The standard InChI is InChI=1S/C13H10ClOP/c14-11-5-1-3-9(7-11)13(15)10-4-2-6-12(16)8-10/h1-8H,16H2. The van der Waals surface area contributed by atoms with Crippen molar-refractivity contribution in [1.29, 1.82) is 0 Å². The Morgan fingerprint density at radius 1 is 1.00 bits per heavy atom. The minimum absolute atomic E-state index is 0.00759. The SMILES string of the molecule is O=C(c1cccc(P)c1)c1cccc(Cl)c1. The fraction of sp³-hybridized carbons (Fsp3) is 0. The molecule has 0 saturated carbocycles. The molecule has 80 valence electrons. The van der Waals surface area contributed by atoms with Gasteiger partial charge in [0.05, 0.1) is 0 Å². The van der Waals surface area contributed by atoms with Crippen LogP contribution in [0, 0.1) is 0 Å². The summed E-state index contributed by atoms with van der Waals surface area (Å²) in [5.74, 6) is -0.00759. The van der Waals surface area contributed by atoms with Crippen molar-refractivity contribution in [1.82, 2.24) is 0 Å². The lowest BCUT2D eigenvalue weighted by atomic mass is 10.0. The van der Waals surface area contributed by atoms with Crippen molar-refractivity contribution >= 4 is 31.9 Å². The molecule has 0 aliphatic rings. The highest BCUT2D eigenvalue weighted by atomic mass is 35.5. The van der Waals surface area contributed by atoms with E-state index in [1.807, 2.05) is 18.2 Å². The molecule has 0 saturated heterocycles. The Morgan fingerprint density at radius 3 is 2.25 bits per heavy atom. The van der Waals surface area contributed by atoms with Gasteiger partial charge in [0.1, 0.15) is 0 Å². The molecule has 2 aromatic carbocycles. The molecular formula is C13H10ClOP. The highest BCUT2D eigenvalue weighted by Crippen LogP contribution is 2.14. The number of rotatable bonds is 2. The molecule has 0 aliphatic carbocycles. The molecule has 0 radical (unpaired) electrons. The van der Waals surface area contributed by atoms with E-state index in [9.17, 15) is 4.79 Å². The van der Waals surface area contributed by atoms with Gasteiger partial charge in [-0.3, -0.25) is 4.79 Å². The number of carbonyl (C=O) groups excluding carboxylic acids is 1. The normalized spacial score (nSPS) is 10.1. The van der Waals surface area contributed by atoms with Crippen molar-refractivity contribution < 1.29 is 4.79 Å². The van der Waals surface area contributed by atoms with Crippen LogP contribution in [-0.4, -0.2) is 5.78 Å². The van der Waals surface area contributed by atoms with Gasteiger partial charge in [-0.25, -0.2) is 0 Å². The van der Waals surface area contributed by atoms with Crippen molar-refractivity contribution in [2.45, 2.75) is 0 Å². The van der Waals surface area contributed by atoms with Crippen LogP contribution in [0.2, 0.25) is 5.02 Å². The lowest BCUT2D eigenvalue weighted by molar-refractivity contribution is 0.103. The van der Waals surface area contributed by atoms with Crippen molar-refractivity contribution in [3.05, 3.63) is 64.7 Å². The van der Waals surface area contributed by atoms with Gasteiger partial charge >= 0.3 is 0 Å². The summed E-state index contributed by atoms with van der Waals surface area (Å²) in [6, 6.07) is 14.4. The summed E-state index contributed by atoms with van der Waals surface area (Å²) in [7, 11) is 2.58. The van der Waals surface area contributed by atoms with Gasteiger partial charge < -0.3 is 0 Å². The first-order chi connectivity index (χ1) is 7.66. The van der Waals surface area contributed by atoms with Crippen LogP contribution in [0.4, 0.5) is 0 Å². The van der Waals surface area contributed by atoms with E-state index in [1.54, 1.807) is 30.3 Å². The van der Waals surface area contributed by atoms with Crippen molar-refractivity contribution in [3.63, 3.8) is 0 Å². The largest absolute Gasteiger partial charge is 0.289 e. The molecule has 2 rings (SSSR count). The Hall–Kier alpha value is -1.17. The smallest absolute Gasteiger partial charge is 0.193 e. The first kappa shape index (κ1) is 11.3. The van der Waals surface area contributed by atoms with E-state index in [2.05, 4.69) is 9.24 Å². The Kier molecular flexibility index (Phi) is 3.38. The fourth-order valence-electron chi connectivity index (χ4n) is 1.48. The van der Waals surface area contributed by atoms with E-state index in [4.69, 9.17) is 11.6 Å². The van der Waals surface area contributed by atoms with E-state index < -0.39 is 0 Å². The van der Waals surface area contributed by atoms with Crippen molar-refractivity contribution in [3.8, 4) is 0 Å². The van der Waals surface area contributed by atoms with E-state index in [-0.39, 0.29) is 5.78 Å². The lowest BCUT2D eigenvalue weighted by Crippen LogP contribution is -2.03. The summed E-state index contributed by atoms with van der Waals surface area (Å²) in [5.41, 5.74) is 1.29. The molecule has 2 aromatic rings. The quantitative estimate of drug-likeness (QED) is 0.590. The van der Waals surface area contributed by atoms with Gasteiger partial charge in [-0.2, -0.15) is 0 Å². The molecule has 0 heterocycles. The Morgan fingerprint density at radius 2 is 1.62 bits per heavy atom. The Labute approximate surface area is 102 Å². The monoisotopic (exact) mass is 248 g/mol. The molecule has 3 heteroatoms. The first-order valence-electron chi connectivity index (χ1n) is 4.82. The predicted octanol–water partition coefficient (Wildman–Crippen LogP) is 3.07. The van der Waals surface area contributed by atoms with Crippen LogP contribution in [0.5, 0.6) is 0 Å². The third kappa shape index (κ3) is 2.49. The van der Waals surface area contributed by atoms with Gasteiger partial charge in [0.25, 0.3) is 0 Å². The molecule has 0 aromatic heterocycles. The van der Waals surface area contributed by atoms with Gasteiger partial charge in [-0.15, -0.1) is 9.24 Å². The average Bonchev–Trinajstić information content (AvgIpc) is 2.28. The number of carbonyl (C=O) groups is 1. The summed E-state index contributed by atoms with van der Waals surface area (Å²) in [5, 5.41) is 1.57. The van der Waals surface area contributed by atoms with Crippen LogP contribution in [0.15, 0.2) is 48.5 Å². The molecule has 0 N–H and O–H groups in total. The van der Waals surface area contributed by atoms with Gasteiger partial charge in [0.2, 0.25) is 0 Å². The molecule has 1 atom stereocenters. The second kappa shape index (κ2) is 4.78. The van der Waals surface area contributed by atoms with E-state index in [1.165, 1.54) is 0 Å². The fourth-order valence-corrected chi connectivity index (χ4v) is 1.96. The third-order valence-electron chi connectivity index (χ3n) is 2.24. The highest BCUT2D eigenvalue weighted by Gasteiger charge is 2.08. The molecule has 0 aliphatic heterocycles. The zero-order valence-corrected chi connectivity index (χ0v) is 10.4. The maximum Gasteiger partial charge on any atom is 0.193 e. The van der Waals surface area contributed by atoms with Crippen LogP contribution in [0.25, 0.3) is 0 Å². The van der Waals surface area contributed by atoms with Crippen molar-refractivity contribution in [2.75, 3.05) is 0 Å². The summed E-state index contributed by atoms with van der Waals surface area (Å²) in [4.78, 5) is 12.1. The number of hydrogen-bond acceptors (Lipinski definition) is 1. The van der Waals surface area contributed by atoms with Crippen LogP contribution in [0.3, 0.4) is 0 Å². The molecule has 1 nitrogen and oxygen atoms in total. The lowest BCUT2D eigenvalue weighted by Gasteiger charge is -2.02. The highest BCUT2D eigenvalue weighted by molar-refractivity contribution is 7.27. The molecule has 0 fully saturated rings. The zero-order chi connectivity index (χ0) is 11.5. The van der Waals surface area contributed by atoms with Crippen LogP contribution >= 0.6 is 20.8 Å². The van der Waals surface area contributed by atoms with Crippen molar-refractivity contribution in [2.24, 2.45) is 0 Å². The topological polar surface area (TPSA) is 17.1 Å². The minimum atomic E-state index is -0.00759.